The monoisotopic (exact) mass is 350 g/mol. The summed E-state index contributed by atoms with van der Waals surface area (Å²) in [4.78, 5) is 0. The van der Waals surface area contributed by atoms with Gasteiger partial charge in [0.15, 0.2) is 0 Å². The summed E-state index contributed by atoms with van der Waals surface area (Å²) >= 11 is 3.51. The number of nitrogens with one attached hydrogen (secondary N) is 1. The Hall–Kier alpha value is -0.840. The van der Waals surface area contributed by atoms with Gasteiger partial charge in [0.2, 0.25) is 0 Å². The van der Waals surface area contributed by atoms with Crippen molar-refractivity contribution in [1.29, 1.82) is 0 Å². The molecule has 21 heavy (non-hydrogen) atoms. The highest BCUT2D eigenvalue weighted by Gasteiger charge is 2.26. The van der Waals surface area contributed by atoms with Gasteiger partial charge in [-0.1, -0.05) is 22.4 Å². The van der Waals surface area contributed by atoms with Gasteiger partial charge in [-0.05, 0) is 57.9 Å². The minimum atomic E-state index is 0.180. The third-order valence-electron chi connectivity index (χ3n) is 4.46. The van der Waals surface area contributed by atoms with E-state index >= 15 is 0 Å². The zero-order valence-electron chi connectivity index (χ0n) is 12.9. The standard InChI is InChI=1S/C17H23BrN2O/c1-11-5-4-6-12(2)20(11)19-13(3)17-10-14-9-15(18)7-8-16(14)21-17/h7-13,19H,4-6H2,1-3H3. The van der Waals surface area contributed by atoms with Crippen LogP contribution < -0.4 is 5.43 Å². The molecule has 1 aliphatic heterocycles. The second-order valence-corrected chi connectivity index (χ2v) is 7.13. The van der Waals surface area contributed by atoms with Crippen LogP contribution in [0.15, 0.2) is 33.2 Å². The van der Waals surface area contributed by atoms with Gasteiger partial charge in [0.05, 0.1) is 6.04 Å². The van der Waals surface area contributed by atoms with Crippen molar-refractivity contribution in [1.82, 2.24) is 10.4 Å². The summed E-state index contributed by atoms with van der Waals surface area (Å²) in [5.74, 6) is 0.994. The van der Waals surface area contributed by atoms with E-state index in [0.29, 0.717) is 12.1 Å². The highest BCUT2D eigenvalue weighted by atomic mass is 79.9. The smallest absolute Gasteiger partial charge is 0.134 e. The average molecular weight is 351 g/mol. The van der Waals surface area contributed by atoms with Crippen molar-refractivity contribution in [2.45, 2.75) is 58.2 Å². The van der Waals surface area contributed by atoms with E-state index in [1.165, 1.54) is 19.3 Å². The van der Waals surface area contributed by atoms with Gasteiger partial charge in [0.1, 0.15) is 11.3 Å². The lowest BCUT2D eigenvalue weighted by atomic mass is 9.99. The number of hydrazine groups is 1. The molecule has 1 saturated heterocycles. The highest BCUT2D eigenvalue weighted by Crippen LogP contribution is 2.28. The van der Waals surface area contributed by atoms with Gasteiger partial charge in [-0.25, -0.2) is 10.4 Å². The molecule has 0 saturated carbocycles. The molecule has 0 amide bonds. The van der Waals surface area contributed by atoms with E-state index in [0.717, 1.165) is 21.2 Å². The zero-order valence-corrected chi connectivity index (χ0v) is 14.5. The maximum atomic E-state index is 5.99. The predicted molar refractivity (Wildman–Crippen MR) is 90.1 cm³/mol. The largest absolute Gasteiger partial charge is 0.459 e. The van der Waals surface area contributed by atoms with E-state index in [4.69, 9.17) is 4.42 Å². The third kappa shape index (κ3) is 3.17. The highest BCUT2D eigenvalue weighted by molar-refractivity contribution is 9.10. The molecule has 3 rings (SSSR count). The molecule has 0 radical (unpaired) electrons. The number of hydrogen-bond donors (Lipinski definition) is 1. The number of rotatable bonds is 3. The average Bonchev–Trinajstić information content (AvgIpc) is 2.86. The molecule has 1 fully saturated rings. The zero-order chi connectivity index (χ0) is 15.0. The summed E-state index contributed by atoms with van der Waals surface area (Å²) in [6.45, 7) is 6.76. The summed E-state index contributed by atoms with van der Waals surface area (Å²) < 4.78 is 7.07. The Balaban J connectivity index is 1.78. The Kier molecular flexibility index (Phi) is 4.38. The molecule has 1 aromatic carbocycles. The lowest BCUT2D eigenvalue weighted by Crippen LogP contribution is -2.52. The lowest BCUT2D eigenvalue weighted by molar-refractivity contribution is 0.0289. The van der Waals surface area contributed by atoms with E-state index in [-0.39, 0.29) is 6.04 Å². The number of hydrogen-bond acceptors (Lipinski definition) is 3. The molecule has 0 aliphatic carbocycles. The van der Waals surface area contributed by atoms with Crippen LogP contribution in [0.1, 0.15) is 51.8 Å². The van der Waals surface area contributed by atoms with Crippen molar-refractivity contribution < 1.29 is 4.42 Å². The van der Waals surface area contributed by atoms with Crippen molar-refractivity contribution >= 4 is 26.9 Å². The Morgan fingerprint density at radius 1 is 1.24 bits per heavy atom. The molecule has 0 bridgehead atoms. The molecular formula is C17H23BrN2O. The minimum absolute atomic E-state index is 0.180. The lowest BCUT2D eigenvalue weighted by Gasteiger charge is -2.40. The topological polar surface area (TPSA) is 28.4 Å². The van der Waals surface area contributed by atoms with Crippen LogP contribution in [0.4, 0.5) is 0 Å². The second-order valence-electron chi connectivity index (χ2n) is 6.22. The first kappa shape index (κ1) is 15.1. The van der Waals surface area contributed by atoms with Crippen LogP contribution in [0.5, 0.6) is 0 Å². The van der Waals surface area contributed by atoms with Crippen LogP contribution in [0, 0.1) is 0 Å². The first-order chi connectivity index (χ1) is 10.0. The molecule has 0 spiro atoms. The summed E-state index contributed by atoms with van der Waals surface area (Å²) in [6.07, 6.45) is 3.85. The Morgan fingerprint density at radius 3 is 2.67 bits per heavy atom. The van der Waals surface area contributed by atoms with Crippen LogP contribution in [0.25, 0.3) is 11.0 Å². The molecule has 2 aromatic rings. The molecule has 1 aromatic heterocycles. The third-order valence-corrected chi connectivity index (χ3v) is 4.95. The van der Waals surface area contributed by atoms with Gasteiger partial charge in [0.25, 0.3) is 0 Å². The number of furan rings is 1. The van der Waals surface area contributed by atoms with Crippen molar-refractivity contribution in [3.63, 3.8) is 0 Å². The molecule has 114 valence electrons. The normalized spacial score (nSPS) is 25.3. The van der Waals surface area contributed by atoms with Crippen molar-refractivity contribution in [2.75, 3.05) is 0 Å². The molecular weight excluding hydrogens is 328 g/mol. The maximum absolute atomic E-state index is 5.99. The van der Waals surface area contributed by atoms with Crippen molar-refractivity contribution in [3.8, 4) is 0 Å². The van der Waals surface area contributed by atoms with E-state index in [2.05, 4.69) is 59.3 Å². The Bertz CT molecular complexity index is 614. The van der Waals surface area contributed by atoms with Gasteiger partial charge in [-0.3, -0.25) is 0 Å². The summed E-state index contributed by atoms with van der Waals surface area (Å²) in [7, 11) is 0. The summed E-state index contributed by atoms with van der Waals surface area (Å²) in [6, 6.07) is 9.60. The van der Waals surface area contributed by atoms with Crippen LogP contribution in [-0.2, 0) is 0 Å². The molecule has 2 heterocycles. The Morgan fingerprint density at radius 2 is 1.95 bits per heavy atom. The number of halogens is 1. The van der Waals surface area contributed by atoms with Crippen molar-refractivity contribution in [2.24, 2.45) is 0 Å². The van der Waals surface area contributed by atoms with Crippen LogP contribution >= 0.6 is 15.9 Å². The SMILES string of the molecule is CC(NN1C(C)CCCC1C)c1cc2cc(Br)ccc2o1. The fraction of sp³-hybridized carbons (Fsp3) is 0.529. The number of piperidine rings is 1. The fourth-order valence-corrected chi connectivity index (χ4v) is 3.59. The van der Waals surface area contributed by atoms with Gasteiger partial charge < -0.3 is 4.42 Å². The van der Waals surface area contributed by atoms with Crippen LogP contribution in [0.3, 0.4) is 0 Å². The first-order valence-corrected chi connectivity index (χ1v) is 8.57. The maximum Gasteiger partial charge on any atom is 0.134 e. The fourth-order valence-electron chi connectivity index (χ4n) is 3.21. The van der Waals surface area contributed by atoms with Gasteiger partial charge in [0, 0.05) is 21.9 Å². The molecule has 3 unspecified atom stereocenters. The van der Waals surface area contributed by atoms with E-state index in [1.54, 1.807) is 0 Å². The Labute approximate surface area is 134 Å². The number of nitrogens with zero attached hydrogens (tertiary/aromatic N) is 1. The number of benzene rings is 1. The second kappa shape index (κ2) is 6.11. The molecule has 3 atom stereocenters. The van der Waals surface area contributed by atoms with Gasteiger partial charge >= 0.3 is 0 Å². The summed E-state index contributed by atoms with van der Waals surface area (Å²) in [5.41, 5.74) is 4.58. The number of fused-ring (bicyclic) bond motifs is 1. The molecule has 1 aliphatic rings. The van der Waals surface area contributed by atoms with E-state index < -0.39 is 0 Å². The van der Waals surface area contributed by atoms with Gasteiger partial charge in [-0.15, -0.1) is 0 Å². The van der Waals surface area contributed by atoms with Gasteiger partial charge in [-0.2, -0.15) is 0 Å². The van der Waals surface area contributed by atoms with E-state index in [1.807, 2.05) is 12.1 Å². The quantitative estimate of drug-likeness (QED) is 0.841. The summed E-state index contributed by atoms with van der Waals surface area (Å²) in [5, 5.41) is 3.55. The molecule has 4 heteroatoms. The minimum Gasteiger partial charge on any atom is -0.459 e. The predicted octanol–water partition coefficient (Wildman–Crippen LogP) is 5.02. The first-order valence-electron chi connectivity index (χ1n) is 7.78. The van der Waals surface area contributed by atoms with Crippen LogP contribution in [0.2, 0.25) is 0 Å². The van der Waals surface area contributed by atoms with E-state index in [9.17, 15) is 0 Å². The van der Waals surface area contributed by atoms with Crippen LogP contribution in [-0.4, -0.2) is 17.1 Å². The molecule has 3 nitrogen and oxygen atoms in total. The van der Waals surface area contributed by atoms with Crippen molar-refractivity contribution in [3.05, 3.63) is 34.5 Å². The molecule has 1 N–H and O–H groups in total.